The number of aryl methyl sites for hydroxylation is 1. The second kappa shape index (κ2) is 5.18. The molecule has 0 amide bonds. The first-order valence-electron chi connectivity index (χ1n) is 7.09. The van der Waals surface area contributed by atoms with Gasteiger partial charge in [-0.05, 0) is 48.1 Å². The van der Waals surface area contributed by atoms with Crippen LogP contribution in [0.5, 0.6) is 0 Å². The van der Waals surface area contributed by atoms with Crippen molar-refractivity contribution in [2.45, 2.75) is 32.7 Å². The SMILES string of the molecule is Cc1cccc(CC2CNCc3ccccc32)c1C. The number of benzene rings is 2. The Kier molecular flexibility index (Phi) is 3.39. The van der Waals surface area contributed by atoms with E-state index in [1.165, 1.54) is 27.8 Å². The minimum atomic E-state index is 0.602. The predicted octanol–water partition coefficient (Wildman–Crippen LogP) is 3.73. The molecule has 0 fully saturated rings. The van der Waals surface area contributed by atoms with Crippen LogP contribution in [0.4, 0.5) is 0 Å². The van der Waals surface area contributed by atoms with Crippen molar-refractivity contribution in [3.8, 4) is 0 Å². The van der Waals surface area contributed by atoms with Crippen molar-refractivity contribution >= 4 is 0 Å². The number of rotatable bonds is 2. The standard InChI is InChI=1S/C18H21N/c1-13-6-5-8-15(14(13)2)10-17-12-19-11-16-7-3-4-9-18(16)17/h3-9,17,19H,10-12H2,1-2H3. The van der Waals surface area contributed by atoms with Crippen molar-refractivity contribution in [2.24, 2.45) is 0 Å². The Hall–Kier alpha value is -1.60. The molecule has 0 aliphatic carbocycles. The highest BCUT2D eigenvalue weighted by molar-refractivity contribution is 5.38. The molecule has 3 rings (SSSR count). The third-order valence-corrected chi connectivity index (χ3v) is 4.38. The molecule has 1 unspecified atom stereocenters. The van der Waals surface area contributed by atoms with Gasteiger partial charge in [0.15, 0.2) is 0 Å². The minimum Gasteiger partial charge on any atom is -0.312 e. The summed E-state index contributed by atoms with van der Waals surface area (Å²) in [6, 6.07) is 15.5. The third-order valence-electron chi connectivity index (χ3n) is 4.38. The first-order valence-corrected chi connectivity index (χ1v) is 7.09. The fourth-order valence-corrected chi connectivity index (χ4v) is 3.07. The van der Waals surface area contributed by atoms with E-state index in [-0.39, 0.29) is 0 Å². The average Bonchev–Trinajstić information content (AvgIpc) is 2.44. The Morgan fingerprint density at radius 1 is 1.05 bits per heavy atom. The largest absolute Gasteiger partial charge is 0.312 e. The van der Waals surface area contributed by atoms with Gasteiger partial charge in [-0.2, -0.15) is 0 Å². The van der Waals surface area contributed by atoms with Gasteiger partial charge in [-0.15, -0.1) is 0 Å². The number of fused-ring (bicyclic) bond motifs is 1. The number of nitrogens with one attached hydrogen (secondary N) is 1. The molecule has 0 spiro atoms. The second-order valence-electron chi connectivity index (χ2n) is 5.59. The molecule has 0 aromatic heterocycles. The summed E-state index contributed by atoms with van der Waals surface area (Å²) in [5, 5.41) is 3.55. The highest BCUT2D eigenvalue weighted by Gasteiger charge is 2.20. The van der Waals surface area contributed by atoms with Gasteiger partial charge < -0.3 is 5.32 Å². The lowest BCUT2D eigenvalue weighted by atomic mass is 9.85. The van der Waals surface area contributed by atoms with E-state index in [2.05, 4.69) is 61.6 Å². The summed E-state index contributed by atoms with van der Waals surface area (Å²) in [5.74, 6) is 0.602. The third kappa shape index (κ3) is 2.43. The Morgan fingerprint density at radius 2 is 1.89 bits per heavy atom. The summed E-state index contributed by atoms with van der Waals surface area (Å²) < 4.78 is 0. The van der Waals surface area contributed by atoms with Crippen LogP contribution in [-0.2, 0) is 13.0 Å². The maximum absolute atomic E-state index is 3.55. The maximum atomic E-state index is 3.55. The lowest BCUT2D eigenvalue weighted by molar-refractivity contribution is 0.538. The van der Waals surface area contributed by atoms with E-state index in [0.717, 1.165) is 19.5 Å². The van der Waals surface area contributed by atoms with Crippen LogP contribution in [0.15, 0.2) is 42.5 Å². The topological polar surface area (TPSA) is 12.0 Å². The van der Waals surface area contributed by atoms with Gasteiger partial charge >= 0.3 is 0 Å². The van der Waals surface area contributed by atoms with Crippen LogP contribution in [-0.4, -0.2) is 6.54 Å². The van der Waals surface area contributed by atoms with Crippen molar-refractivity contribution in [1.82, 2.24) is 5.32 Å². The summed E-state index contributed by atoms with van der Waals surface area (Å²) in [7, 11) is 0. The van der Waals surface area contributed by atoms with Crippen molar-refractivity contribution in [1.29, 1.82) is 0 Å². The lowest BCUT2D eigenvalue weighted by Crippen LogP contribution is -2.29. The van der Waals surface area contributed by atoms with Gasteiger partial charge in [-0.1, -0.05) is 42.5 Å². The molecule has 1 heteroatoms. The van der Waals surface area contributed by atoms with Crippen molar-refractivity contribution in [2.75, 3.05) is 6.54 Å². The first-order chi connectivity index (χ1) is 9.25. The molecule has 0 saturated carbocycles. The molecule has 1 nitrogen and oxygen atoms in total. The van der Waals surface area contributed by atoms with Crippen LogP contribution in [0.2, 0.25) is 0 Å². The molecule has 1 atom stereocenters. The Labute approximate surface area is 115 Å². The van der Waals surface area contributed by atoms with Crippen LogP contribution in [0.3, 0.4) is 0 Å². The Balaban J connectivity index is 1.91. The summed E-state index contributed by atoms with van der Waals surface area (Å²) in [6.45, 7) is 6.54. The van der Waals surface area contributed by atoms with Crippen LogP contribution >= 0.6 is 0 Å². The van der Waals surface area contributed by atoms with E-state index in [9.17, 15) is 0 Å². The molecule has 0 bridgehead atoms. The molecule has 0 radical (unpaired) electrons. The van der Waals surface area contributed by atoms with Gasteiger partial charge in [0.2, 0.25) is 0 Å². The lowest BCUT2D eigenvalue weighted by Gasteiger charge is -2.27. The number of hydrogen-bond donors (Lipinski definition) is 1. The summed E-state index contributed by atoms with van der Waals surface area (Å²) in [4.78, 5) is 0. The van der Waals surface area contributed by atoms with E-state index in [1.807, 2.05) is 0 Å². The van der Waals surface area contributed by atoms with Crippen LogP contribution in [0.25, 0.3) is 0 Å². The van der Waals surface area contributed by atoms with Crippen LogP contribution in [0.1, 0.15) is 33.7 Å². The van der Waals surface area contributed by atoms with Crippen molar-refractivity contribution < 1.29 is 0 Å². The molecule has 1 aliphatic rings. The van der Waals surface area contributed by atoms with E-state index in [0.29, 0.717) is 5.92 Å². The van der Waals surface area contributed by atoms with Gasteiger partial charge in [-0.25, -0.2) is 0 Å². The Bertz CT molecular complexity index is 586. The van der Waals surface area contributed by atoms with Crippen LogP contribution < -0.4 is 5.32 Å². The van der Waals surface area contributed by atoms with E-state index in [1.54, 1.807) is 0 Å². The average molecular weight is 251 g/mol. The zero-order chi connectivity index (χ0) is 13.2. The maximum Gasteiger partial charge on any atom is 0.0208 e. The molecular formula is C18H21N. The summed E-state index contributed by atoms with van der Waals surface area (Å²) in [5.41, 5.74) is 7.33. The van der Waals surface area contributed by atoms with E-state index < -0.39 is 0 Å². The van der Waals surface area contributed by atoms with Gasteiger partial charge in [0.25, 0.3) is 0 Å². The molecule has 1 aliphatic heterocycles. The van der Waals surface area contributed by atoms with Gasteiger partial charge in [0.1, 0.15) is 0 Å². The van der Waals surface area contributed by atoms with Crippen molar-refractivity contribution in [3.05, 3.63) is 70.3 Å². The quantitative estimate of drug-likeness (QED) is 0.857. The zero-order valence-electron chi connectivity index (χ0n) is 11.7. The van der Waals surface area contributed by atoms with E-state index in [4.69, 9.17) is 0 Å². The Morgan fingerprint density at radius 3 is 2.79 bits per heavy atom. The van der Waals surface area contributed by atoms with Gasteiger partial charge in [-0.3, -0.25) is 0 Å². The van der Waals surface area contributed by atoms with E-state index >= 15 is 0 Å². The molecule has 2 aromatic carbocycles. The molecule has 2 aromatic rings. The fourth-order valence-electron chi connectivity index (χ4n) is 3.07. The predicted molar refractivity (Wildman–Crippen MR) is 80.5 cm³/mol. The second-order valence-corrected chi connectivity index (χ2v) is 5.59. The zero-order valence-corrected chi connectivity index (χ0v) is 11.7. The monoisotopic (exact) mass is 251 g/mol. The molecule has 1 N–H and O–H groups in total. The fraction of sp³-hybridized carbons (Fsp3) is 0.333. The molecule has 98 valence electrons. The molecular weight excluding hydrogens is 230 g/mol. The molecule has 1 heterocycles. The molecule has 19 heavy (non-hydrogen) atoms. The van der Waals surface area contributed by atoms with Crippen molar-refractivity contribution in [3.63, 3.8) is 0 Å². The summed E-state index contributed by atoms with van der Waals surface area (Å²) in [6.07, 6.45) is 1.14. The first kappa shape index (κ1) is 12.4. The van der Waals surface area contributed by atoms with Gasteiger partial charge in [0, 0.05) is 19.0 Å². The minimum absolute atomic E-state index is 0.602. The van der Waals surface area contributed by atoms with Crippen LogP contribution in [0, 0.1) is 13.8 Å². The molecule has 0 saturated heterocycles. The normalized spacial score (nSPS) is 18.1. The summed E-state index contributed by atoms with van der Waals surface area (Å²) >= 11 is 0. The van der Waals surface area contributed by atoms with Gasteiger partial charge in [0.05, 0.1) is 0 Å². The highest BCUT2D eigenvalue weighted by atomic mass is 14.9. The highest BCUT2D eigenvalue weighted by Crippen LogP contribution is 2.28. The number of hydrogen-bond acceptors (Lipinski definition) is 1. The smallest absolute Gasteiger partial charge is 0.0208 e.